The van der Waals surface area contributed by atoms with Crippen LogP contribution in [0.4, 0.5) is 13.2 Å². The van der Waals surface area contributed by atoms with Gasteiger partial charge in [0.05, 0.1) is 30.1 Å². The number of fused-ring (bicyclic) bond motifs is 1. The summed E-state index contributed by atoms with van der Waals surface area (Å²) in [6.45, 7) is 7.64. The van der Waals surface area contributed by atoms with Gasteiger partial charge in [-0.15, -0.1) is 0 Å². The number of halogens is 3. The molecular weight excluding hydrogens is 475 g/mol. The van der Waals surface area contributed by atoms with E-state index in [0.717, 1.165) is 18.7 Å². The lowest BCUT2D eigenvalue weighted by Crippen LogP contribution is -2.51. The molecule has 2 aliphatic heterocycles. The summed E-state index contributed by atoms with van der Waals surface area (Å²) in [6, 6.07) is 1.12. The average Bonchev–Trinajstić information content (AvgIpc) is 3.28. The number of aromatic nitrogens is 1. The molecule has 200 valence electrons. The highest BCUT2D eigenvalue weighted by atomic mass is 19.4. The highest BCUT2D eigenvalue weighted by Crippen LogP contribution is 2.47. The van der Waals surface area contributed by atoms with Gasteiger partial charge in [-0.05, 0) is 50.2 Å². The van der Waals surface area contributed by atoms with Crippen LogP contribution in [0.25, 0.3) is 0 Å². The Kier molecular flexibility index (Phi) is 7.95. The summed E-state index contributed by atoms with van der Waals surface area (Å²) in [6.07, 6.45) is -0.346. The summed E-state index contributed by atoms with van der Waals surface area (Å²) in [4.78, 5) is 32.1. The number of rotatable bonds is 6. The van der Waals surface area contributed by atoms with Gasteiger partial charge in [0.2, 0.25) is 5.91 Å². The molecule has 2 fully saturated rings. The van der Waals surface area contributed by atoms with E-state index in [4.69, 9.17) is 9.47 Å². The minimum absolute atomic E-state index is 0.00113. The molecule has 3 heterocycles. The van der Waals surface area contributed by atoms with Crippen LogP contribution >= 0.6 is 0 Å². The fraction of sp³-hybridized carbons (Fsp3) is 0.731. The first-order valence-electron chi connectivity index (χ1n) is 12.9. The van der Waals surface area contributed by atoms with Crippen LogP contribution in [0.15, 0.2) is 12.3 Å². The van der Waals surface area contributed by atoms with Crippen LogP contribution in [0.2, 0.25) is 0 Å². The zero-order valence-corrected chi connectivity index (χ0v) is 21.2. The van der Waals surface area contributed by atoms with Crippen LogP contribution in [-0.4, -0.2) is 60.2 Å². The molecule has 1 amide bonds. The fourth-order valence-electron chi connectivity index (χ4n) is 5.97. The molecule has 1 aliphatic carbocycles. The van der Waals surface area contributed by atoms with Crippen molar-refractivity contribution in [3.05, 3.63) is 29.1 Å². The number of carbonyl (C=O) groups excluding carboxylic acids is 2. The van der Waals surface area contributed by atoms with E-state index in [0.29, 0.717) is 63.3 Å². The van der Waals surface area contributed by atoms with Gasteiger partial charge in [-0.3, -0.25) is 14.6 Å². The zero-order chi connectivity index (χ0) is 26.1. The van der Waals surface area contributed by atoms with E-state index in [-0.39, 0.29) is 42.3 Å². The van der Waals surface area contributed by atoms with Crippen molar-refractivity contribution in [1.82, 2.24) is 15.2 Å². The number of ether oxygens (including phenoxy) is 2. The number of nitrogens with zero attached hydrogens (tertiary/aromatic N) is 2. The lowest BCUT2D eigenvalue weighted by Gasteiger charge is -2.40. The summed E-state index contributed by atoms with van der Waals surface area (Å²) in [5.41, 5.74) is -0.294. The zero-order valence-electron chi connectivity index (χ0n) is 21.2. The first-order valence-corrected chi connectivity index (χ1v) is 12.9. The summed E-state index contributed by atoms with van der Waals surface area (Å²) in [7, 11) is 0. The van der Waals surface area contributed by atoms with Gasteiger partial charge in [0.1, 0.15) is 0 Å². The van der Waals surface area contributed by atoms with Crippen molar-refractivity contribution in [2.24, 2.45) is 17.3 Å². The predicted octanol–water partition coefficient (Wildman–Crippen LogP) is 3.74. The SMILES string of the molecule is CCOC(=O)C1COCCC1N[C@@H]1CC[C@@](C(=O)N2CCc3ncc(C(F)(F)F)cc3C2)(C(C)C)C1. The van der Waals surface area contributed by atoms with Gasteiger partial charge in [0.15, 0.2) is 0 Å². The normalized spacial score (nSPS) is 28.8. The molecule has 10 heteroatoms. The molecule has 0 bridgehead atoms. The number of pyridine rings is 1. The van der Waals surface area contributed by atoms with Crippen molar-refractivity contribution in [3.8, 4) is 0 Å². The van der Waals surface area contributed by atoms with E-state index in [1.807, 2.05) is 13.8 Å². The maximum Gasteiger partial charge on any atom is 0.417 e. The van der Waals surface area contributed by atoms with Gasteiger partial charge in [-0.1, -0.05) is 13.8 Å². The van der Waals surface area contributed by atoms with E-state index >= 15 is 0 Å². The molecule has 2 unspecified atom stereocenters. The second-order valence-electron chi connectivity index (χ2n) is 10.6. The van der Waals surface area contributed by atoms with E-state index in [1.165, 1.54) is 0 Å². The van der Waals surface area contributed by atoms with E-state index in [9.17, 15) is 22.8 Å². The van der Waals surface area contributed by atoms with Crippen LogP contribution < -0.4 is 5.32 Å². The Hall–Kier alpha value is -2.20. The third kappa shape index (κ3) is 5.39. The van der Waals surface area contributed by atoms with Gasteiger partial charge in [-0.2, -0.15) is 13.2 Å². The number of esters is 1. The van der Waals surface area contributed by atoms with Crippen molar-refractivity contribution in [2.45, 2.75) is 77.7 Å². The van der Waals surface area contributed by atoms with Crippen LogP contribution in [0.3, 0.4) is 0 Å². The van der Waals surface area contributed by atoms with Gasteiger partial charge in [0, 0.05) is 50.1 Å². The van der Waals surface area contributed by atoms with E-state index < -0.39 is 17.2 Å². The molecule has 1 saturated carbocycles. The Labute approximate surface area is 210 Å². The smallest absolute Gasteiger partial charge is 0.417 e. The molecule has 1 saturated heterocycles. The van der Waals surface area contributed by atoms with Crippen LogP contribution in [0.1, 0.15) is 63.3 Å². The number of hydrogen-bond donors (Lipinski definition) is 1. The molecule has 4 atom stereocenters. The third-order valence-corrected chi connectivity index (χ3v) is 8.13. The molecule has 4 rings (SSSR count). The first kappa shape index (κ1) is 26.9. The van der Waals surface area contributed by atoms with Gasteiger partial charge in [-0.25, -0.2) is 0 Å². The molecule has 1 aromatic heterocycles. The lowest BCUT2D eigenvalue weighted by atomic mass is 9.74. The summed E-state index contributed by atoms with van der Waals surface area (Å²) < 4.78 is 50.4. The number of hydrogen-bond acceptors (Lipinski definition) is 6. The first-order chi connectivity index (χ1) is 17.0. The monoisotopic (exact) mass is 511 g/mol. The van der Waals surface area contributed by atoms with Crippen LogP contribution in [-0.2, 0) is 38.2 Å². The topological polar surface area (TPSA) is 80.8 Å². The molecule has 36 heavy (non-hydrogen) atoms. The molecule has 1 aromatic rings. The van der Waals surface area contributed by atoms with Crippen molar-refractivity contribution in [2.75, 3.05) is 26.4 Å². The number of amides is 1. The second-order valence-corrected chi connectivity index (χ2v) is 10.6. The van der Waals surface area contributed by atoms with E-state index in [1.54, 1.807) is 11.8 Å². The Balaban J connectivity index is 1.47. The average molecular weight is 512 g/mol. The highest BCUT2D eigenvalue weighted by Gasteiger charge is 2.50. The standard InChI is InChI=1S/C26H36F3N3O4/c1-4-36-23(33)20-15-35-10-7-22(20)31-19-5-8-25(12-19,16(2)3)24(34)32-9-6-21-17(14-32)11-18(13-30-21)26(27,28)29/h11,13,16,19-20,22,31H,4-10,12,14-15H2,1-3H3/t19-,20?,22?,25+/m1/s1. The number of carbonyl (C=O) groups is 2. The van der Waals surface area contributed by atoms with Gasteiger partial charge >= 0.3 is 12.1 Å². The third-order valence-electron chi connectivity index (χ3n) is 8.13. The molecule has 0 aromatic carbocycles. The summed E-state index contributed by atoms with van der Waals surface area (Å²) in [5.74, 6) is -0.581. The molecule has 1 N–H and O–H groups in total. The van der Waals surface area contributed by atoms with Crippen molar-refractivity contribution in [1.29, 1.82) is 0 Å². The van der Waals surface area contributed by atoms with Crippen molar-refractivity contribution in [3.63, 3.8) is 0 Å². The fourth-order valence-corrected chi connectivity index (χ4v) is 5.97. The Bertz CT molecular complexity index is 970. The predicted molar refractivity (Wildman–Crippen MR) is 126 cm³/mol. The quantitative estimate of drug-likeness (QED) is 0.587. The number of nitrogens with one attached hydrogen (secondary N) is 1. The summed E-state index contributed by atoms with van der Waals surface area (Å²) >= 11 is 0. The van der Waals surface area contributed by atoms with Gasteiger partial charge in [0.25, 0.3) is 0 Å². The Morgan fingerprint density at radius 3 is 2.81 bits per heavy atom. The van der Waals surface area contributed by atoms with Crippen LogP contribution in [0, 0.1) is 17.3 Å². The van der Waals surface area contributed by atoms with Gasteiger partial charge < -0.3 is 19.7 Å². The minimum Gasteiger partial charge on any atom is -0.466 e. The number of alkyl halides is 3. The maximum absolute atomic E-state index is 13.9. The van der Waals surface area contributed by atoms with Crippen molar-refractivity contribution >= 4 is 11.9 Å². The molecule has 7 nitrogen and oxygen atoms in total. The molecule has 3 aliphatic rings. The molecule has 0 radical (unpaired) electrons. The summed E-state index contributed by atoms with van der Waals surface area (Å²) in [5, 5.41) is 3.63. The highest BCUT2D eigenvalue weighted by molar-refractivity contribution is 5.84. The lowest BCUT2D eigenvalue weighted by molar-refractivity contribution is -0.154. The van der Waals surface area contributed by atoms with E-state index in [2.05, 4.69) is 10.3 Å². The Morgan fingerprint density at radius 1 is 1.33 bits per heavy atom. The molecular formula is C26H36F3N3O4. The van der Waals surface area contributed by atoms with Crippen LogP contribution in [0.5, 0.6) is 0 Å². The molecule has 0 spiro atoms. The minimum atomic E-state index is -4.47. The maximum atomic E-state index is 13.9. The van der Waals surface area contributed by atoms with Crippen molar-refractivity contribution < 1.29 is 32.2 Å². The second kappa shape index (κ2) is 10.7. The Morgan fingerprint density at radius 2 is 2.11 bits per heavy atom. The largest absolute Gasteiger partial charge is 0.466 e.